The topological polar surface area (TPSA) is 35.5 Å². The highest BCUT2D eigenvalue weighted by molar-refractivity contribution is 5.77. The van der Waals surface area contributed by atoms with Gasteiger partial charge in [0.2, 0.25) is 0 Å². The molecule has 0 fully saturated rings. The highest BCUT2D eigenvalue weighted by Crippen LogP contribution is 2.25. The number of carbonyl (C=O) groups excluding carboxylic acids is 1. The highest BCUT2D eigenvalue weighted by Gasteiger charge is 2.20. The summed E-state index contributed by atoms with van der Waals surface area (Å²) in [6.07, 6.45) is 6.07. The molecule has 0 saturated carbocycles. The number of hydrogen-bond donors (Lipinski definition) is 0. The van der Waals surface area contributed by atoms with E-state index in [1.165, 1.54) is 32.1 Å². The van der Waals surface area contributed by atoms with Crippen LogP contribution in [0.1, 0.15) is 65.7 Å². The molecule has 3 nitrogen and oxygen atoms in total. The van der Waals surface area contributed by atoms with Crippen molar-refractivity contribution >= 4 is 5.97 Å². The lowest BCUT2D eigenvalue weighted by Gasteiger charge is -2.11. The Balaban J connectivity index is 1.80. The minimum absolute atomic E-state index is 0.104. The Morgan fingerprint density at radius 3 is 1.93 bits per heavy atom. The molecular weight excluding hydrogens is 379 g/mol. The maximum Gasteiger partial charge on any atom is 0.346 e. The zero-order valence-electron chi connectivity index (χ0n) is 18.5. The second kappa shape index (κ2) is 13.0. The molecule has 2 aromatic rings. The van der Waals surface area contributed by atoms with Crippen molar-refractivity contribution in [2.45, 2.75) is 71.9 Å². The number of benzene rings is 2. The number of unbranched alkanes of at least 4 members (excludes halogenated alkanes) is 5. The molecule has 1 unspecified atom stereocenters. The van der Waals surface area contributed by atoms with E-state index >= 15 is 0 Å². The monoisotopic (exact) mass is 414 g/mol. The second-order valence-electron chi connectivity index (χ2n) is 8.18. The van der Waals surface area contributed by atoms with E-state index in [1.807, 2.05) is 50.2 Å². The Bertz CT molecular complexity index is 738. The van der Waals surface area contributed by atoms with Crippen LogP contribution in [-0.4, -0.2) is 18.7 Å². The fraction of sp³-hybridized carbons (Fsp3) is 0.500. The summed E-state index contributed by atoms with van der Waals surface area (Å²) in [7, 11) is 0. The molecule has 0 aromatic heterocycles. The zero-order chi connectivity index (χ0) is 21.8. The van der Waals surface area contributed by atoms with E-state index in [4.69, 9.17) is 9.47 Å². The standard InChI is InChI=1S/C26H35FO3/c1-4-5-6-7-8-9-18-29-23-14-10-21(11-15-23)22-12-16-24(17-13-22)30-26(28)25(27)19-20(2)3/h10-17,20,25H,4-9,18-19H2,1-3H3. The third-order valence-electron chi connectivity index (χ3n) is 4.96. The van der Waals surface area contributed by atoms with Crippen molar-refractivity contribution in [2.75, 3.05) is 6.61 Å². The number of carbonyl (C=O) groups is 1. The highest BCUT2D eigenvalue weighted by atomic mass is 19.1. The van der Waals surface area contributed by atoms with Crippen LogP contribution in [0.2, 0.25) is 0 Å². The van der Waals surface area contributed by atoms with Crippen LogP contribution in [-0.2, 0) is 4.79 Å². The first kappa shape index (κ1) is 23.9. The van der Waals surface area contributed by atoms with Crippen LogP contribution in [0.25, 0.3) is 11.1 Å². The van der Waals surface area contributed by atoms with Gasteiger partial charge in [-0.25, -0.2) is 9.18 Å². The lowest BCUT2D eigenvalue weighted by Crippen LogP contribution is -2.23. The fourth-order valence-corrected chi connectivity index (χ4v) is 3.22. The summed E-state index contributed by atoms with van der Waals surface area (Å²) < 4.78 is 24.8. The normalized spacial score (nSPS) is 12.0. The maximum absolute atomic E-state index is 13.8. The lowest BCUT2D eigenvalue weighted by molar-refractivity contribution is -0.140. The van der Waals surface area contributed by atoms with Gasteiger partial charge in [0.25, 0.3) is 0 Å². The summed E-state index contributed by atoms with van der Waals surface area (Å²) >= 11 is 0. The Kier molecular flexibility index (Phi) is 10.4. The Hall–Kier alpha value is -2.36. The number of ether oxygens (including phenoxy) is 2. The second-order valence-corrected chi connectivity index (χ2v) is 8.18. The molecule has 0 heterocycles. The van der Waals surface area contributed by atoms with Gasteiger partial charge in [-0.05, 0) is 54.2 Å². The van der Waals surface area contributed by atoms with Crippen LogP contribution in [0.15, 0.2) is 48.5 Å². The lowest BCUT2D eigenvalue weighted by atomic mass is 10.1. The van der Waals surface area contributed by atoms with Gasteiger partial charge in [0, 0.05) is 0 Å². The van der Waals surface area contributed by atoms with Crippen molar-refractivity contribution in [2.24, 2.45) is 5.92 Å². The summed E-state index contributed by atoms with van der Waals surface area (Å²) in [5.41, 5.74) is 2.04. The molecule has 0 spiro atoms. The number of esters is 1. The van der Waals surface area contributed by atoms with E-state index in [0.29, 0.717) is 5.75 Å². The number of hydrogen-bond acceptors (Lipinski definition) is 3. The predicted molar refractivity (Wildman–Crippen MR) is 121 cm³/mol. The van der Waals surface area contributed by atoms with Crippen molar-refractivity contribution in [3.05, 3.63) is 48.5 Å². The van der Waals surface area contributed by atoms with E-state index in [2.05, 4.69) is 6.92 Å². The molecule has 1 atom stereocenters. The minimum atomic E-state index is -1.59. The molecule has 0 aliphatic rings. The van der Waals surface area contributed by atoms with Gasteiger partial charge in [-0.1, -0.05) is 77.1 Å². The largest absolute Gasteiger partial charge is 0.494 e. The van der Waals surface area contributed by atoms with Crippen LogP contribution in [0, 0.1) is 5.92 Å². The van der Waals surface area contributed by atoms with Crippen molar-refractivity contribution in [1.82, 2.24) is 0 Å². The SMILES string of the molecule is CCCCCCCCOc1ccc(-c2ccc(OC(=O)C(F)CC(C)C)cc2)cc1. The van der Waals surface area contributed by atoms with Crippen LogP contribution < -0.4 is 9.47 Å². The van der Waals surface area contributed by atoms with Crippen LogP contribution in [0.3, 0.4) is 0 Å². The van der Waals surface area contributed by atoms with Gasteiger partial charge >= 0.3 is 5.97 Å². The molecule has 0 aliphatic carbocycles. The minimum Gasteiger partial charge on any atom is -0.494 e. The quantitative estimate of drug-likeness (QED) is 0.195. The maximum atomic E-state index is 13.8. The number of rotatable bonds is 13. The predicted octanol–water partition coefficient (Wildman–Crippen LogP) is 7.38. The third kappa shape index (κ3) is 8.56. The van der Waals surface area contributed by atoms with E-state index in [-0.39, 0.29) is 12.3 Å². The summed E-state index contributed by atoms with van der Waals surface area (Å²) in [5.74, 6) is 0.502. The molecule has 0 radical (unpaired) electrons. The average molecular weight is 415 g/mol. The molecule has 164 valence electrons. The molecule has 2 rings (SSSR count). The van der Waals surface area contributed by atoms with Gasteiger partial charge in [-0.2, -0.15) is 0 Å². The first-order chi connectivity index (χ1) is 14.5. The summed E-state index contributed by atoms with van der Waals surface area (Å²) in [6.45, 7) is 6.72. The van der Waals surface area contributed by atoms with Gasteiger partial charge in [0.1, 0.15) is 11.5 Å². The molecule has 4 heteroatoms. The van der Waals surface area contributed by atoms with Crippen molar-refractivity contribution < 1.29 is 18.7 Å². The molecule has 0 N–H and O–H groups in total. The summed E-state index contributed by atoms with van der Waals surface area (Å²) in [5, 5.41) is 0. The van der Waals surface area contributed by atoms with E-state index < -0.39 is 12.1 Å². The summed E-state index contributed by atoms with van der Waals surface area (Å²) in [6, 6.07) is 15.1. The smallest absolute Gasteiger partial charge is 0.346 e. The Labute approximate surface area is 180 Å². The van der Waals surface area contributed by atoms with Crippen LogP contribution in [0.5, 0.6) is 11.5 Å². The van der Waals surface area contributed by atoms with Gasteiger partial charge in [0.05, 0.1) is 6.61 Å². The first-order valence-electron chi connectivity index (χ1n) is 11.2. The van der Waals surface area contributed by atoms with Gasteiger partial charge in [-0.3, -0.25) is 0 Å². The average Bonchev–Trinajstić information content (AvgIpc) is 2.73. The van der Waals surface area contributed by atoms with Crippen molar-refractivity contribution in [3.8, 4) is 22.6 Å². The third-order valence-corrected chi connectivity index (χ3v) is 4.96. The molecule has 0 saturated heterocycles. The Morgan fingerprint density at radius 1 is 0.833 bits per heavy atom. The van der Waals surface area contributed by atoms with Crippen molar-refractivity contribution in [3.63, 3.8) is 0 Å². The molecule has 30 heavy (non-hydrogen) atoms. The van der Waals surface area contributed by atoms with Crippen LogP contribution >= 0.6 is 0 Å². The molecule has 0 bridgehead atoms. The van der Waals surface area contributed by atoms with E-state index in [9.17, 15) is 9.18 Å². The van der Waals surface area contributed by atoms with Gasteiger partial charge < -0.3 is 9.47 Å². The molecular formula is C26H35FO3. The van der Waals surface area contributed by atoms with Crippen molar-refractivity contribution in [1.29, 1.82) is 0 Å². The van der Waals surface area contributed by atoms with Gasteiger partial charge in [-0.15, -0.1) is 0 Å². The summed E-state index contributed by atoms with van der Waals surface area (Å²) in [4.78, 5) is 11.8. The number of alkyl halides is 1. The molecule has 2 aromatic carbocycles. The zero-order valence-corrected chi connectivity index (χ0v) is 18.5. The fourth-order valence-electron chi connectivity index (χ4n) is 3.22. The first-order valence-corrected chi connectivity index (χ1v) is 11.2. The van der Waals surface area contributed by atoms with Crippen LogP contribution in [0.4, 0.5) is 4.39 Å². The van der Waals surface area contributed by atoms with E-state index in [0.717, 1.165) is 29.9 Å². The van der Waals surface area contributed by atoms with E-state index in [1.54, 1.807) is 12.1 Å². The van der Waals surface area contributed by atoms with Gasteiger partial charge in [0.15, 0.2) is 6.17 Å². The molecule has 0 amide bonds. The number of halogens is 1. The molecule has 0 aliphatic heterocycles. The Morgan fingerprint density at radius 2 is 1.37 bits per heavy atom.